The van der Waals surface area contributed by atoms with Crippen molar-refractivity contribution in [3.05, 3.63) is 41.4 Å². The molecule has 0 radical (unpaired) electrons. The van der Waals surface area contributed by atoms with E-state index in [4.69, 9.17) is 4.74 Å². The zero-order chi connectivity index (χ0) is 19.2. The average Bonchev–Trinajstić information content (AvgIpc) is 3.19. The molecule has 7 heteroatoms. The second-order valence-electron chi connectivity index (χ2n) is 6.99. The minimum Gasteiger partial charge on any atom is -0.484 e. The van der Waals surface area contributed by atoms with E-state index in [9.17, 15) is 9.59 Å². The lowest BCUT2D eigenvalue weighted by molar-refractivity contribution is -0.136. The molecule has 6 nitrogen and oxygen atoms in total. The molecule has 2 heterocycles. The highest BCUT2D eigenvalue weighted by molar-refractivity contribution is 7.13. The van der Waals surface area contributed by atoms with E-state index in [0.29, 0.717) is 42.7 Å². The number of aromatic nitrogens is 1. The standard InChI is InChI=1S/C20H25N3O3S/c1-14(2)15-3-5-17(6-4-15)26-13-18(24)23-10-7-16(8-11-23)19(25)22-20-21-9-12-27-20/h3-6,9,12,14,16H,7-8,10-11,13H2,1-2H3,(H,21,22,25). The Balaban J connectivity index is 1.42. The van der Waals surface area contributed by atoms with E-state index in [-0.39, 0.29) is 24.3 Å². The van der Waals surface area contributed by atoms with Gasteiger partial charge in [0.2, 0.25) is 5.91 Å². The summed E-state index contributed by atoms with van der Waals surface area (Å²) in [4.78, 5) is 30.5. The van der Waals surface area contributed by atoms with Gasteiger partial charge in [0.1, 0.15) is 5.75 Å². The maximum Gasteiger partial charge on any atom is 0.260 e. The van der Waals surface area contributed by atoms with Crippen LogP contribution in [0.15, 0.2) is 35.8 Å². The molecule has 0 saturated carbocycles. The van der Waals surface area contributed by atoms with Crippen molar-refractivity contribution in [1.29, 1.82) is 0 Å². The first-order chi connectivity index (χ1) is 13.0. The lowest BCUT2D eigenvalue weighted by Crippen LogP contribution is -2.43. The lowest BCUT2D eigenvalue weighted by atomic mass is 9.96. The molecule has 0 unspecified atom stereocenters. The summed E-state index contributed by atoms with van der Waals surface area (Å²) in [6, 6.07) is 7.85. The van der Waals surface area contributed by atoms with Crippen LogP contribution in [0.1, 0.15) is 38.2 Å². The zero-order valence-electron chi connectivity index (χ0n) is 15.7. The van der Waals surface area contributed by atoms with Crippen molar-refractivity contribution < 1.29 is 14.3 Å². The van der Waals surface area contributed by atoms with E-state index in [1.54, 1.807) is 11.1 Å². The van der Waals surface area contributed by atoms with Crippen molar-refractivity contribution in [3.8, 4) is 5.75 Å². The molecule has 2 aromatic rings. The van der Waals surface area contributed by atoms with E-state index in [2.05, 4.69) is 24.1 Å². The van der Waals surface area contributed by atoms with Crippen molar-refractivity contribution in [2.75, 3.05) is 25.0 Å². The summed E-state index contributed by atoms with van der Waals surface area (Å²) in [7, 11) is 0. The Morgan fingerprint density at radius 1 is 1.26 bits per heavy atom. The number of ether oxygens (including phenoxy) is 1. The van der Waals surface area contributed by atoms with Gasteiger partial charge in [-0.1, -0.05) is 26.0 Å². The molecule has 2 amide bonds. The van der Waals surface area contributed by atoms with Crippen molar-refractivity contribution in [1.82, 2.24) is 9.88 Å². The van der Waals surface area contributed by atoms with E-state index in [0.717, 1.165) is 0 Å². The highest BCUT2D eigenvalue weighted by Crippen LogP contribution is 2.21. The number of nitrogens with one attached hydrogen (secondary N) is 1. The second kappa shape index (κ2) is 8.99. The van der Waals surface area contributed by atoms with Crippen LogP contribution in [0.5, 0.6) is 5.75 Å². The molecule has 144 valence electrons. The molecule has 1 fully saturated rings. The van der Waals surface area contributed by atoms with Gasteiger partial charge in [0.05, 0.1) is 0 Å². The van der Waals surface area contributed by atoms with Crippen LogP contribution >= 0.6 is 11.3 Å². The summed E-state index contributed by atoms with van der Waals surface area (Å²) >= 11 is 1.40. The van der Waals surface area contributed by atoms with Crippen molar-refractivity contribution in [3.63, 3.8) is 0 Å². The molecular formula is C20H25N3O3S. The number of carbonyl (C=O) groups is 2. The van der Waals surface area contributed by atoms with Crippen LogP contribution in [0, 0.1) is 5.92 Å². The zero-order valence-corrected chi connectivity index (χ0v) is 16.5. The van der Waals surface area contributed by atoms with Gasteiger partial charge in [-0.2, -0.15) is 0 Å². The third-order valence-electron chi connectivity index (χ3n) is 4.79. The fourth-order valence-electron chi connectivity index (χ4n) is 3.07. The summed E-state index contributed by atoms with van der Waals surface area (Å²) in [5.74, 6) is 1.03. The van der Waals surface area contributed by atoms with Gasteiger partial charge in [0.15, 0.2) is 11.7 Å². The molecule has 1 aromatic carbocycles. The Hall–Kier alpha value is -2.41. The summed E-state index contributed by atoms with van der Waals surface area (Å²) in [6.45, 7) is 5.45. The molecule has 0 bridgehead atoms. The number of piperidine rings is 1. The average molecular weight is 388 g/mol. The largest absolute Gasteiger partial charge is 0.484 e. The van der Waals surface area contributed by atoms with Crippen LogP contribution in [-0.2, 0) is 9.59 Å². The van der Waals surface area contributed by atoms with E-state index in [1.165, 1.54) is 16.9 Å². The summed E-state index contributed by atoms with van der Waals surface area (Å²) in [5.41, 5.74) is 1.24. The van der Waals surface area contributed by atoms with Gasteiger partial charge in [-0.25, -0.2) is 4.98 Å². The third-order valence-corrected chi connectivity index (χ3v) is 5.48. The number of thiazole rings is 1. The van der Waals surface area contributed by atoms with Gasteiger partial charge < -0.3 is 15.0 Å². The van der Waals surface area contributed by atoms with Crippen LogP contribution in [-0.4, -0.2) is 41.4 Å². The normalized spacial score (nSPS) is 15.0. The monoisotopic (exact) mass is 387 g/mol. The maximum atomic E-state index is 12.4. The number of rotatable bonds is 6. The van der Waals surface area contributed by atoms with Gasteiger partial charge in [-0.3, -0.25) is 9.59 Å². The highest BCUT2D eigenvalue weighted by Gasteiger charge is 2.27. The molecule has 1 aliphatic rings. The van der Waals surface area contributed by atoms with Crippen molar-refractivity contribution >= 4 is 28.3 Å². The van der Waals surface area contributed by atoms with Crippen LogP contribution in [0.4, 0.5) is 5.13 Å². The predicted molar refractivity (Wildman–Crippen MR) is 106 cm³/mol. The van der Waals surface area contributed by atoms with Gasteiger partial charge >= 0.3 is 0 Å². The first-order valence-corrected chi connectivity index (χ1v) is 10.1. The Morgan fingerprint density at radius 3 is 2.56 bits per heavy atom. The van der Waals surface area contributed by atoms with Crippen molar-refractivity contribution in [2.45, 2.75) is 32.6 Å². The molecule has 1 aromatic heterocycles. The fourth-order valence-corrected chi connectivity index (χ4v) is 3.60. The minimum absolute atomic E-state index is 0.0152. The first kappa shape index (κ1) is 19.4. The third kappa shape index (κ3) is 5.29. The number of hydrogen-bond donors (Lipinski definition) is 1. The van der Waals surface area contributed by atoms with E-state index < -0.39 is 0 Å². The number of carbonyl (C=O) groups excluding carboxylic acids is 2. The minimum atomic E-state index is -0.0811. The van der Waals surface area contributed by atoms with E-state index in [1.807, 2.05) is 29.6 Å². The smallest absolute Gasteiger partial charge is 0.260 e. The molecule has 1 saturated heterocycles. The Labute approximate surface area is 163 Å². The molecule has 1 aliphatic heterocycles. The Bertz CT molecular complexity index is 751. The molecule has 0 spiro atoms. The summed E-state index contributed by atoms with van der Waals surface area (Å²) < 4.78 is 5.62. The molecule has 0 aliphatic carbocycles. The van der Waals surface area contributed by atoms with Crippen LogP contribution in [0.3, 0.4) is 0 Å². The number of amides is 2. The number of anilines is 1. The number of hydrogen-bond acceptors (Lipinski definition) is 5. The number of nitrogens with zero attached hydrogens (tertiary/aromatic N) is 2. The molecule has 3 rings (SSSR count). The lowest BCUT2D eigenvalue weighted by Gasteiger charge is -2.31. The molecule has 1 N–H and O–H groups in total. The van der Waals surface area contributed by atoms with Gasteiger partial charge in [-0.05, 0) is 36.5 Å². The van der Waals surface area contributed by atoms with Crippen LogP contribution in [0.2, 0.25) is 0 Å². The summed E-state index contributed by atoms with van der Waals surface area (Å²) in [5, 5.41) is 5.28. The maximum absolute atomic E-state index is 12.4. The van der Waals surface area contributed by atoms with Crippen molar-refractivity contribution in [2.24, 2.45) is 5.92 Å². The van der Waals surface area contributed by atoms with Gasteiger partial charge in [0.25, 0.3) is 5.91 Å². The quantitative estimate of drug-likeness (QED) is 0.823. The van der Waals surface area contributed by atoms with Gasteiger partial charge in [0, 0.05) is 30.6 Å². The van der Waals surface area contributed by atoms with Crippen LogP contribution < -0.4 is 10.1 Å². The fraction of sp³-hybridized carbons (Fsp3) is 0.450. The highest BCUT2D eigenvalue weighted by atomic mass is 32.1. The van der Waals surface area contributed by atoms with Crippen LogP contribution in [0.25, 0.3) is 0 Å². The number of benzene rings is 1. The van der Waals surface area contributed by atoms with Gasteiger partial charge in [-0.15, -0.1) is 11.3 Å². The first-order valence-electron chi connectivity index (χ1n) is 9.24. The Morgan fingerprint density at radius 2 is 1.96 bits per heavy atom. The molecule has 0 atom stereocenters. The second-order valence-corrected chi connectivity index (χ2v) is 7.89. The molecule has 27 heavy (non-hydrogen) atoms. The summed E-state index contributed by atoms with van der Waals surface area (Å²) in [6.07, 6.45) is 2.98. The topological polar surface area (TPSA) is 71.5 Å². The predicted octanol–water partition coefficient (Wildman–Crippen LogP) is 3.52. The van der Waals surface area contributed by atoms with E-state index >= 15 is 0 Å². The number of likely N-dealkylation sites (tertiary alicyclic amines) is 1. The molecular weight excluding hydrogens is 362 g/mol. The Kier molecular flexibility index (Phi) is 6.45. The SMILES string of the molecule is CC(C)c1ccc(OCC(=O)N2CCC(C(=O)Nc3nccs3)CC2)cc1.